The summed E-state index contributed by atoms with van der Waals surface area (Å²) < 4.78 is 0. The van der Waals surface area contributed by atoms with Crippen LogP contribution in [0.2, 0.25) is 0 Å². The summed E-state index contributed by atoms with van der Waals surface area (Å²) in [7, 11) is 0. The Morgan fingerprint density at radius 2 is 2.09 bits per heavy atom. The molecule has 1 aromatic carbocycles. The number of hydroxylamine groups is 1. The van der Waals surface area contributed by atoms with Gasteiger partial charge >= 0.3 is 0 Å². The molecule has 1 aliphatic carbocycles. The van der Waals surface area contributed by atoms with E-state index in [1.54, 1.807) is 0 Å². The van der Waals surface area contributed by atoms with E-state index < -0.39 is 0 Å². The predicted octanol–water partition coefficient (Wildman–Crippen LogP) is 3.25. The van der Waals surface area contributed by atoms with Crippen LogP contribution in [-0.4, -0.2) is 22.4 Å². The van der Waals surface area contributed by atoms with E-state index in [0.717, 1.165) is 49.1 Å². The second kappa shape index (κ2) is 5.53. The van der Waals surface area contributed by atoms with Crippen molar-refractivity contribution in [1.29, 1.82) is 0 Å². The summed E-state index contributed by atoms with van der Waals surface area (Å²) in [5.41, 5.74) is 8.69. The van der Waals surface area contributed by atoms with Gasteiger partial charge in [0.2, 0.25) is 0 Å². The number of nitrogens with zero attached hydrogens (tertiary/aromatic N) is 1. The molecule has 4 rings (SSSR count). The fraction of sp³-hybridized carbons (Fsp3) is 0.421. The van der Waals surface area contributed by atoms with E-state index in [-0.39, 0.29) is 11.8 Å². The van der Waals surface area contributed by atoms with Crippen molar-refractivity contribution in [3.05, 3.63) is 57.9 Å². The number of carbonyl (C=O) groups excluding carboxylic acids is 1. The van der Waals surface area contributed by atoms with Gasteiger partial charge in [-0.2, -0.15) is 0 Å². The summed E-state index contributed by atoms with van der Waals surface area (Å²) in [5, 5.41) is 9.77. The van der Waals surface area contributed by atoms with E-state index in [1.165, 1.54) is 11.1 Å². The highest BCUT2D eigenvalue weighted by Gasteiger charge is 2.40. The van der Waals surface area contributed by atoms with E-state index >= 15 is 0 Å². The predicted molar refractivity (Wildman–Crippen MR) is 87.7 cm³/mol. The zero-order valence-electron chi connectivity index (χ0n) is 13.4. The van der Waals surface area contributed by atoms with Crippen molar-refractivity contribution in [2.24, 2.45) is 0 Å². The molecule has 0 saturated carbocycles. The first-order chi connectivity index (χ1) is 11.3. The van der Waals surface area contributed by atoms with Gasteiger partial charge in [0.25, 0.3) is 0 Å². The lowest BCUT2D eigenvalue weighted by Gasteiger charge is -2.47. The van der Waals surface area contributed by atoms with Crippen molar-refractivity contribution in [2.45, 2.75) is 45.1 Å². The maximum atomic E-state index is 12.5. The zero-order valence-corrected chi connectivity index (χ0v) is 13.4. The first kappa shape index (κ1) is 14.5. The molecule has 0 spiro atoms. The first-order valence-corrected chi connectivity index (χ1v) is 8.50. The fourth-order valence-corrected chi connectivity index (χ4v) is 4.43. The summed E-state index contributed by atoms with van der Waals surface area (Å²) in [6.45, 7) is 3.04. The van der Waals surface area contributed by atoms with Crippen LogP contribution in [0.4, 0.5) is 0 Å². The molecule has 1 atom stereocenters. The van der Waals surface area contributed by atoms with Crippen molar-refractivity contribution >= 4 is 5.78 Å². The van der Waals surface area contributed by atoms with Gasteiger partial charge in [-0.1, -0.05) is 31.2 Å². The fourth-order valence-electron chi connectivity index (χ4n) is 4.43. The highest BCUT2D eigenvalue weighted by Crippen LogP contribution is 2.47. The van der Waals surface area contributed by atoms with Crippen LogP contribution in [0.15, 0.2) is 46.8 Å². The van der Waals surface area contributed by atoms with Crippen LogP contribution in [0, 0.1) is 0 Å². The van der Waals surface area contributed by atoms with Crippen molar-refractivity contribution in [2.75, 3.05) is 6.54 Å². The topological polar surface area (TPSA) is 52.6 Å². The number of nitrogens with one attached hydrogen (secondary N) is 1. The number of ketones is 1. The van der Waals surface area contributed by atoms with Crippen LogP contribution >= 0.6 is 0 Å². The Morgan fingerprint density at radius 1 is 1.26 bits per heavy atom. The largest absolute Gasteiger partial charge is 0.363 e. The summed E-state index contributed by atoms with van der Waals surface area (Å²) in [6, 6.07) is 8.70. The molecule has 2 heterocycles. The number of carbonyl (C=O) groups is 1. The summed E-state index contributed by atoms with van der Waals surface area (Å²) in [4.78, 5) is 14.9. The second-order valence-electron chi connectivity index (χ2n) is 6.51. The molecule has 0 fully saturated rings. The molecular weight excluding hydrogens is 288 g/mol. The van der Waals surface area contributed by atoms with Gasteiger partial charge < -0.3 is 4.90 Å². The van der Waals surface area contributed by atoms with Crippen molar-refractivity contribution < 1.29 is 10.0 Å². The molecule has 0 amide bonds. The quantitative estimate of drug-likeness (QED) is 0.823. The van der Waals surface area contributed by atoms with Crippen molar-refractivity contribution in [3.8, 4) is 0 Å². The van der Waals surface area contributed by atoms with E-state index in [4.69, 9.17) is 0 Å². The Hall–Kier alpha value is -2.07. The normalized spacial score (nSPS) is 23.5. The lowest BCUT2D eigenvalue weighted by molar-refractivity contribution is -0.116. The molecule has 4 nitrogen and oxygen atoms in total. The number of allylic oxidation sites excluding steroid dienone is 2. The Labute approximate surface area is 136 Å². The Bertz CT molecular complexity index is 733. The minimum atomic E-state index is 0.143. The van der Waals surface area contributed by atoms with Crippen LogP contribution in [0.5, 0.6) is 0 Å². The first-order valence-electron chi connectivity index (χ1n) is 8.50. The lowest BCUT2D eigenvalue weighted by Crippen LogP contribution is -2.43. The van der Waals surface area contributed by atoms with Gasteiger partial charge in [-0.05, 0) is 42.4 Å². The van der Waals surface area contributed by atoms with Crippen LogP contribution in [0.3, 0.4) is 0 Å². The van der Waals surface area contributed by atoms with Gasteiger partial charge in [0, 0.05) is 18.7 Å². The Morgan fingerprint density at radius 3 is 2.87 bits per heavy atom. The third-order valence-corrected chi connectivity index (χ3v) is 5.41. The van der Waals surface area contributed by atoms with E-state index in [0.29, 0.717) is 12.1 Å². The Kier molecular flexibility index (Phi) is 3.49. The third-order valence-electron chi connectivity index (χ3n) is 5.41. The van der Waals surface area contributed by atoms with Crippen LogP contribution in [0.25, 0.3) is 0 Å². The second-order valence-corrected chi connectivity index (χ2v) is 6.51. The van der Waals surface area contributed by atoms with Gasteiger partial charge in [0.05, 0.1) is 17.3 Å². The number of benzene rings is 1. The molecule has 2 N–H and O–H groups in total. The highest BCUT2D eigenvalue weighted by molar-refractivity contribution is 6.01. The molecule has 0 bridgehead atoms. The Balaban J connectivity index is 1.95. The molecule has 0 radical (unpaired) electrons. The minimum absolute atomic E-state index is 0.143. The molecule has 23 heavy (non-hydrogen) atoms. The summed E-state index contributed by atoms with van der Waals surface area (Å²) in [6.07, 6.45) is 4.22. The zero-order chi connectivity index (χ0) is 16.0. The average molecular weight is 310 g/mol. The van der Waals surface area contributed by atoms with Gasteiger partial charge in [-0.3, -0.25) is 15.5 Å². The SMILES string of the molecule is CCC1=C(NO)C2=C(CCCC2=O)N2CCc3ccccc3[C@H]12. The molecule has 120 valence electrons. The minimum Gasteiger partial charge on any atom is -0.363 e. The molecule has 3 aliphatic rings. The van der Waals surface area contributed by atoms with Gasteiger partial charge in [0.15, 0.2) is 5.78 Å². The van der Waals surface area contributed by atoms with E-state index in [2.05, 4.69) is 41.6 Å². The van der Waals surface area contributed by atoms with Crippen LogP contribution < -0.4 is 5.48 Å². The van der Waals surface area contributed by atoms with Crippen LogP contribution in [-0.2, 0) is 11.2 Å². The number of Topliss-reactive ketones (excluding diaryl/α,β-unsaturated/α-hetero) is 1. The van der Waals surface area contributed by atoms with Crippen molar-refractivity contribution in [1.82, 2.24) is 10.4 Å². The molecule has 4 heteroatoms. The van der Waals surface area contributed by atoms with Crippen molar-refractivity contribution in [3.63, 3.8) is 0 Å². The molecule has 0 aromatic heterocycles. The number of hydrogen-bond donors (Lipinski definition) is 2. The molecule has 0 saturated heterocycles. The van der Waals surface area contributed by atoms with Gasteiger partial charge in [0.1, 0.15) is 0 Å². The number of hydrogen-bond acceptors (Lipinski definition) is 4. The summed E-state index contributed by atoms with van der Waals surface area (Å²) in [5.74, 6) is 0.158. The van der Waals surface area contributed by atoms with Crippen LogP contribution in [0.1, 0.15) is 49.8 Å². The van der Waals surface area contributed by atoms with E-state index in [1.807, 2.05) is 0 Å². The highest BCUT2D eigenvalue weighted by atomic mass is 16.5. The molecule has 0 unspecified atom stereocenters. The number of fused-ring (bicyclic) bond motifs is 4. The average Bonchev–Trinajstić information content (AvgIpc) is 2.60. The standard InChI is InChI=1S/C19H22N2O2/c1-2-13-18(20-23)17-15(8-5-9-16(17)22)21-11-10-12-6-3-4-7-14(12)19(13)21/h3-4,6-7,19-20,23H,2,5,8-11H2,1H3/t19-/m0/s1. The van der Waals surface area contributed by atoms with Gasteiger partial charge in [-0.15, -0.1) is 0 Å². The molecule has 2 aliphatic heterocycles. The smallest absolute Gasteiger partial charge is 0.166 e. The lowest BCUT2D eigenvalue weighted by atomic mass is 9.78. The van der Waals surface area contributed by atoms with Gasteiger partial charge in [-0.25, -0.2) is 0 Å². The summed E-state index contributed by atoms with van der Waals surface area (Å²) >= 11 is 0. The molecular formula is C19H22N2O2. The monoisotopic (exact) mass is 310 g/mol. The van der Waals surface area contributed by atoms with E-state index in [9.17, 15) is 10.0 Å². The number of rotatable bonds is 2. The third kappa shape index (κ3) is 2.05. The maximum absolute atomic E-state index is 12.5. The maximum Gasteiger partial charge on any atom is 0.166 e. The molecule has 1 aromatic rings.